The molecule has 2 aromatic heterocycles. The zero-order valence-electron chi connectivity index (χ0n) is 10.00. The summed E-state index contributed by atoms with van der Waals surface area (Å²) in [7, 11) is 0. The topological polar surface area (TPSA) is 90.8 Å². The SMILES string of the molecule is [O-][NH+](O)c1ccc(-c2nn3c(C(F)(F)F)nnc3s2)cc1. The summed E-state index contributed by atoms with van der Waals surface area (Å²) in [6, 6.07) is 5.65. The Balaban J connectivity index is 2.03. The van der Waals surface area contributed by atoms with Crippen molar-refractivity contribution < 1.29 is 23.6 Å². The molecule has 3 aromatic rings. The van der Waals surface area contributed by atoms with Gasteiger partial charge in [0.15, 0.2) is 5.69 Å². The molecule has 21 heavy (non-hydrogen) atoms. The van der Waals surface area contributed by atoms with Crippen LogP contribution in [0.2, 0.25) is 0 Å². The van der Waals surface area contributed by atoms with Crippen LogP contribution in [-0.4, -0.2) is 25.0 Å². The van der Waals surface area contributed by atoms with E-state index < -0.39 is 17.2 Å². The fourth-order valence-corrected chi connectivity index (χ4v) is 2.51. The zero-order valence-corrected chi connectivity index (χ0v) is 10.8. The quantitative estimate of drug-likeness (QED) is 0.695. The zero-order chi connectivity index (χ0) is 15.2. The predicted octanol–water partition coefficient (Wildman–Crippen LogP) is 1.27. The van der Waals surface area contributed by atoms with Crippen molar-refractivity contribution in [3.63, 3.8) is 0 Å². The third-order valence-electron chi connectivity index (χ3n) is 2.62. The van der Waals surface area contributed by atoms with Gasteiger partial charge in [0.1, 0.15) is 5.01 Å². The lowest BCUT2D eigenvalue weighted by atomic mass is 10.2. The molecule has 0 aliphatic heterocycles. The summed E-state index contributed by atoms with van der Waals surface area (Å²) in [4.78, 5) is 0.0136. The Labute approximate surface area is 118 Å². The first-order valence-electron chi connectivity index (χ1n) is 5.49. The Bertz CT molecular complexity index is 780. The minimum Gasteiger partial charge on any atom is -0.595 e. The Kier molecular flexibility index (Phi) is 3.13. The molecule has 1 aromatic carbocycles. The van der Waals surface area contributed by atoms with E-state index >= 15 is 0 Å². The summed E-state index contributed by atoms with van der Waals surface area (Å²) in [5, 5.41) is 29.1. The van der Waals surface area contributed by atoms with Crippen LogP contribution in [0.3, 0.4) is 0 Å². The van der Waals surface area contributed by atoms with Gasteiger partial charge in [0.05, 0.1) is 0 Å². The Morgan fingerprint density at radius 1 is 1.19 bits per heavy atom. The van der Waals surface area contributed by atoms with Gasteiger partial charge in [-0.2, -0.15) is 28.0 Å². The van der Waals surface area contributed by atoms with Crippen molar-refractivity contribution in [2.24, 2.45) is 0 Å². The highest BCUT2D eigenvalue weighted by atomic mass is 32.1. The summed E-state index contributed by atoms with van der Waals surface area (Å²) in [6.07, 6.45) is -4.64. The number of nitrogens with zero attached hydrogens (tertiary/aromatic N) is 4. The molecule has 0 fully saturated rings. The van der Waals surface area contributed by atoms with Crippen molar-refractivity contribution in [3.8, 4) is 10.6 Å². The molecule has 0 spiro atoms. The first-order valence-corrected chi connectivity index (χ1v) is 6.31. The molecule has 0 radical (unpaired) electrons. The van der Waals surface area contributed by atoms with E-state index in [-0.39, 0.29) is 10.6 Å². The van der Waals surface area contributed by atoms with Crippen molar-refractivity contribution in [2.75, 3.05) is 0 Å². The first-order chi connectivity index (χ1) is 9.86. The van der Waals surface area contributed by atoms with E-state index in [0.29, 0.717) is 15.1 Å². The van der Waals surface area contributed by atoms with Crippen LogP contribution >= 0.6 is 11.3 Å². The Morgan fingerprint density at radius 2 is 1.86 bits per heavy atom. The van der Waals surface area contributed by atoms with E-state index in [4.69, 9.17) is 5.21 Å². The molecule has 0 amide bonds. The molecule has 0 aliphatic carbocycles. The van der Waals surface area contributed by atoms with Crippen LogP contribution < -0.4 is 5.23 Å². The van der Waals surface area contributed by atoms with Crippen LogP contribution in [0.25, 0.3) is 15.5 Å². The lowest BCUT2D eigenvalue weighted by Gasteiger charge is -2.10. The smallest absolute Gasteiger partial charge is 0.453 e. The van der Waals surface area contributed by atoms with E-state index in [2.05, 4.69) is 15.3 Å². The largest absolute Gasteiger partial charge is 0.595 e. The molecule has 7 nitrogen and oxygen atoms in total. The molecule has 1 unspecified atom stereocenters. The molecule has 2 N–H and O–H groups in total. The molecular formula is C10H6F3N5O2S. The average Bonchev–Trinajstić information content (AvgIpc) is 2.96. The van der Waals surface area contributed by atoms with Crippen LogP contribution in [0.15, 0.2) is 24.3 Å². The number of hydrogen-bond donors (Lipinski definition) is 2. The molecule has 0 saturated carbocycles. The molecular weight excluding hydrogens is 311 g/mol. The standard InChI is InChI=1S/C10H6F3N5O2S/c11-10(12,13)8-14-15-9-17(8)16-7(21-9)5-1-3-6(4-2-5)18(19)20/h1-4,18-19H. The summed E-state index contributed by atoms with van der Waals surface area (Å²) in [5.74, 6) is -1.19. The minimum atomic E-state index is -4.64. The van der Waals surface area contributed by atoms with Gasteiger partial charge in [0.25, 0.3) is 5.82 Å². The highest BCUT2D eigenvalue weighted by molar-refractivity contribution is 7.19. The highest BCUT2D eigenvalue weighted by Crippen LogP contribution is 2.31. The molecule has 11 heteroatoms. The average molecular weight is 317 g/mol. The van der Waals surface area contributed by atoms with Crippen LogP contribution in [0.4, 0.5) is 18.9 Å². The number of fused-ring (bicyclic) bond motifs is 1. The minimum absolute atomic E-state index is 0.0136. The normalized spacial score (nSPS) is 13.8. The van der Waals surface area contributed by atoms with Crippen molar-refractivity contribution in [2.45, 2.75) is 6.18 Å². The van der Waals surface area contributed by atoms with Gasteiger partial charge < -0.3 is 5.21 Å². The second-order valence-corrected chi connectivity index (χ2v) is 4.96. The molecule has 0 aliphatic rings. The molecule has 1 atom stereocenters. The van der Waals surface area contributed by atoms with Crippen LogP contribution in [0.1, 0.15) is 5.82 Å². The van der Waals surface area contributed by atoms with Gasteiger partial charge in [-0.25, -0.2) is 5.21 Å². The van der Waals surface area contributed by atoms with E-state index in [1.807, 2.05) is 0 Å². The summed E-state index contributed by atoms with van der Waals surface area (Å²) < 4.78 is 38.7. The fraction of sp³-hybridized carbons (Fsp3) is 0.100. The highest BCUT2D eigenvalue weighted by Gasteiger charge is 2.38. The van der Waals surface area contributed by atoms with Gasteiger partial charge >= 0.3 is 6.18 Å². The van der Waals surface area contributed by atoms with E-state index in [1.54, 1.807) is 0 Å². The van der Waals surface area contributed by atoms with E-state index in [1.165, 1.54) is 24.3 Å². The van der Waals surface area contributed by atoms with Gasteiger partial charge in [-0.05, 0) is 12.1 Å². The lowest BCUT2D eigenvalue weighted by Crippen LogP contribution is -2.99. The Morgan fingerprint density at radius 3 is 2.43 bits per heavy atom. The molecule has 110 valence electrons. The van der Waals surface area contributed by atoms with E-state index in [0.717, 1.165) is 11.3 Å². The second kappa shape index (κ2) is 4.73. The number of alkyl halides is 3. The maximum Gasteiger partial charge on any atom is 0.453 e. The van der Waals surface area contributed by atoms with E-state index in [9.17, 15) is 18.4 Å². The van der Waals surface area contributed by atoms with Crippen molar-refractivity contribution in [1.29, 1.82) is 0 Å². The van der Waals surface area contributed by atoms with Crippen molar-refractivity contribution in [3.05, 3.63) is 35.3 Å². The Hall–Kier alpha value is -2.08. The third-order valence-corrected chi connectivity index (χ3v) is 3.57. The van der Waals surface area contributed by atoms with Crippen LogP contribution in [-0.2, 0) is 6.18 Å². The van der Waals surface area contributed by atoms with Gasteiger partial charge in [-0.15, -0.1) is 10.2 Å². The number of benzene rings is 1. The first kappa shape index (κ1) is 13.9. The third kappa shape index (κ3) is 2.47. The second-order valence-electron chi connectivity index (χ2n) is 4.01. The summed E-state index contributed by atoms with van der Waals surface area (Å²) in [6.45, 7) is 0. The molecule has 0 bridgehead atoms. The fourth-order valence-electron chi connectivity index (χ4n) is 1.67. The van der Waals surface area contributed by atoms with Crippen molar-refractivity contribution >= 4 is 22.0 Å². The predicted molar refractivity (Wildman–Crippen MR) is 64.9 cm³/mol. The van der Waals surface area contributed by atoms with Crippen molar-refractivity contribution in [1.82, 2.24) is 19.8 Å². The monoisotopic (exact) mass is 317 g/mol. The van der Waals surface area contributed by atoms with Gasteiger partial charge in [0, 0.05) is 17.7 Å². The number of aromatic nitrogens is 4. The van der Waals surface area contributed by atoms with Gasteiger partial charge in [0.2, 0.25) is 4.96 Å². The number of hydrogen-bond acceptors (Lipinski definition) is 6. The molecule has 2 heterocycles. The number of rotatable bonds is 2. The summed E-state index contributed by atoms with van der Waals surface area (Å²) >= 11 is 0.932. The number of nitrogens with one attached hydrogen (secondary N) is 1. The lowest BCUT2D eigenvalue weighted by molar-refractivity contribution is -0.991. The van der Waals surface area contributed by atoms with Crippen LogP contribution in [0, 0.1) is 5.21 Å². The van der Waals surface area contributed by atoms with Gasteiger partial charge in [-0.1, -0.05) is 11.3 Å². The van der Waals surface area contributed by atoms with Gasteiger partial charge in [-0.3, -0.25) is 0 Å². The summed E-state index contributed by atoms with van der Waals surface area (Å²) in [5.41, 5.74) is 0.585. The number of halogens is 3. The number of quaternary nitrogens is 1. The maximum atomic E-state index is 12.7. The maximum absolute atomic E-state index is 12.7. The van der Waals surface area contributed by atoms with Crippen LogP contribution in [0.5, 0.6) is 0 Å². The molecule has 3 rings (SSSR count). The molecule has 0 saturated heterocycles.